The van der Waals surface area contributed by atoms with Crippen molar-refractivity contribution in [2.75, 3.05) is 4.90 Å². The molecule has 2 aromatic rings. The molecule has 22 heavy (non-hydrogen) atoms. The fourth-order valence-electron chi connectivity index (χ4n) is 2.88. The number of anilines is 1. The molecular formula is C18H18ClNO2. The van der Waals surface area contributed by atoms with Crippen LogP contribution in [0.25, 0.3) is 0 Å². The highest BCUT2D eigenvalue weighted by molar-refractivity contribution is 6.32. The van der Waals surface area contributed by atoms with E-state index in [1.165, 1.54) is 5.56 Å². The van der Waals surface area contributed by atoms with E-state index >= 15 is 0 Å². The lowest BCUT2D eigenvalue weighted by Gasteiger charge is -2.26. The van der Waals surface area contributed by atoms with Gasteiger partial charge in [0.15, 0.2) is 6.10 Å². The van der Waals surface area contributed by atoms with Crippen LogP contribution in [0.5, 0.6) is 5.75 Å². The lowest BCUT2D eigenvalue weighted by atomic mass is 10.1. The fraction of sp³-hybridized carbons (Fsp3) is 0.278. The Morgan fingerprint density at radius 2 is 1.91 bits per heavy atom. The number of hydrogen-bond donors (Lipinski definition) is 0. The number of nitrogens with zero attached hydrogens (tertiary/aromatic N) is 1. The van der Waals surface area contributed by atoms with E-state index < -0.39 is 6.10 Å². The van der Waals surface area contributed by atoms with E-state index in [4.69, 9.17) is 16.3 Å². The van der Waals surface area contributed by atoms with Gasteiger partial charge in [0.2, 0.25) is 0 Å². The van der Waals surface area contributed by atoms with Gasteiger partial charge in [-0.15, -0.1) is 0 Å². The minimum Gasteiger partial charge on any atom is -0.479 e. The second kappa shape index (κ2) is 6.01. The molecule has 0 N–H and O–H groups in total. The van der Waals surface area contributed by atoms with Gasteiger partial charge in [-0.1, -0.05) is 41.9 Å². The number of amides is 1. The highest BCUT2D eigenvalue weighted by Crippen LogP contribution is 2.33. The van der Waals surface area contributed by atoms with Crippen molar-refractivity contribution >= 4 is 23.2 Å². The van der Waals surface area contributed by atoms with Crippen LogP contribution >= 0.6 is 11.6 Å². The Balaban J connectivity index is 1.81. The van der Waals surface area contributed by atoms with E-state index in [9.17, 15) is 4.79 Å². The second-order valence-corrected chi connectivity index (χ2v) is 5.99. The van der Waals surface area contributed by atoms with Gasteiger partial charge in [-0.05, 0) is 44.0 Å². The van der Waals surface area contributed by atoms with Crippen LogP contribution in [0.15, 0.2) is 48.5 Å². The van der Waals surface area contributed by atoms with Gasteiger partial charge >= 0.3 is 0 Å². The number of para-hydroxylation sites is 2. The Bertz CT molecular complexity index is 701. The van der Waals surface area contributed by atoms with Crippen LogP contribution in [0.3, 0.4) is 0 Å². The van der Waals surface area contributed by atoms with Gasteiger partial charge in [0, 0.05) is 11.7 Å². The molecule has 0 aliphatic carbocycles. The van der Waals surface area contributed by atoms with Gasteiger partial charge in [-0.2, -0.15) is 0 Å². The summed E-state index contributed by atoms with van der Waals surface area (Å²) >= 11 is 6.09. The van der Waals surface area contributed by atoms with Crippen LogP contribution < -0.4 is 9.64 Å². The predicted molar refractivity (Wildman–Crippen MR) is 88.6 cm³/mol. The third-order valence-electron chi connectivity index (χ3n) is 3.93. The zero-order chi connectivity index (χ0) is 15.7. The minimum absolute atomic E-state index is 0.0441. The van der Waals surface area contributed by atoms with Gasteiger partial charge in [0.05, 0.1) is 5.02 Å². The molecule has 0 aromatic heterocycles. The first-order valence-corrected chi connectivity index (χ1v) is 7.78. The van der Waals surface area contributed by atoms with Gasteiger partial charge in [-0.3, -0.25) is 4.79 Å². The summed E-state index contributed by atoms with van der Waals surface area (Å²) in [5, 5.41) is 0.511. The molecule has 0 spiro atoms. The SMILES string of the molecule is CC(Oc1ccccc1Cl)C(=O)N1c2ccccc2CC1C. The molecule has 1 amide bonds. The largest absolute Gasteiger partial charge is 0.479 e. The van der Waals surface area contributed by atoms with E-state index in [0.29, 0.717) is 10.8 Å². The smallest absolute Gasteiger partial charge is 0.268 e. The molecule has 114 valence electrons. The average Bonchev–Trinajstić information content (AvgIpc) is 2.84. The van der Waals surface area contributed by atoms with Crippen LogP contribution in [0.4, 0.5) is 5.69 Å². The molecule has 0 radical (unpaired) electrons. The Morgan fingerprint density at radius 3 is 2.68 bits per heavy atom. The summed E-state index contributed by atoms with van der Waals surface area (Å²) in [5.74, 6) is 0.488. The summed E-state index contributed by atoms with van der Waals surface area (Å²) in [4.78, 5) is 14.6. The number of rotatable bonds is 3. The number of fused-ring (bicyclic) bond motifs is 1. The number of carbonyl (C=O) groups is 1. The van der Waals surface area contributed by atoms with Gasteiger partial charge < -0.3 is 9.64 Å². The summed E-state index contributed by atoms with van der Waals surface area (Å²) < 4.78 is 5.76. The van der Waals surface area contributed by atoms with Crippen molar-refractivity contribution in [2.24, 2.45) is 0 Å². The summed E-state index contributed by atoms with van der Waals surface area (Å²) in [6.45, 7) is 3.82. The zero-order valence-electron chi connectivity index (χ0n) is 12.6. The van der Waals surface area contributed by atoms with Crippen molar-refractivity contribution in [3.05, 3.63) is 59.1 Å². The van der Waals surface area contributed by atoms with Crippen LogP contribution in [0, 0.1) is 0 Å². The summed E-state index contributed by atoms with van der Waals surface area (Å²) in [6, 6.07) is 15.3. The number of ether oxygens (including phenoxy) is 1. The van der Waals surface area contributed by atoms with E-state index in [-0.39, 0.29) is 11.9 Å². The normalized spacial score (nSPS) is 18.0. The molecule has 0 bridgehead atoms. The summed E-state index contributed by atoms with van der Waals surface area (Å²) in [7, 11) is 0. The minimum atomic E-state index is -0.589. The maximum absolute atomic E-state index is 12.8. The van der Waals surface area contributed by atoms with Crippen molar-refractivity contribution in [1.82, 2.24) is 0 Å². The van der Waals surface area contributed by atoms with Crippen molar-refractivity contribution in [1.29, 1.82) is 0 Å². The molecule has 1 aliphatic rings. The van der Waals surface area contributed by atoms with Crippen LogP contribution in [-0.4, -0.2) is 18.1 Å². The molecular weight excluding hydrogens is 298 g/mol. The number of hydrogen-bond acceptors (Lipinski definition) is 2. The van der Waals surface area contributed by atoms with Crippen molar-refractivity contribution in [3.63, 3.8) is 0 Å². The first kappa shape index (κ1) is 14.9. The second-order valence-electron chi connectivity index (χ2n) is 5.58. The lowest BCUT2D eigenvalue weighted by Crippen LogP contribution is -2.43. The Morgan fingerprint density at radius 1 is 1.23 bits per heavy atom. The topological polar surface area (TPSA) is 29.5 Å². The van der Waals surface area contributed by atoms with Gasteiger partial charge in [0.25, 0.3) is 5.91 Å². The fourth-order valence-corrected chi connectivity index (χ4v) is 3.06. The summed E-state index contributed by atoms with van der Waals surface area (Å²) in [6.07, 6.45) is 0.286. The average molecular weight is 316 g/mol. The third-order valence-corrected chi connectivity index (χ3v) is 4.25. The highest BCUT2D eigenvalue weighted by Gasteiger charge is 2.33. The number of benzene rings is 2. The van der Waals surface area contributed by atoms with Crippen LogP contribution in [-0.2, 0) is 11.2 Å². The summed E-state index contributed by atoms with van der Waals surface area (Å²) in [5.41, 5.74) is 2.18. The first-order valence-electron chi connectivity index (χ1n) is 7.40. The molecule has 0 saturated carbocycles. The van der Waals surface area contributed by atoms with Gasteiger partial charge in [0.1, 0.15) is 5.75 Å². The quantitative estimate of drug-likeness (QED) is 0.854. The van der Waals surface area contributed by atoms with E-state index in [1.807, 2.05) is 35.2 Å². The van der Waals surface area contributed by atoms with Crippen molar-refractivity contribution in [3.8, 4) is 5.75 Å². The molecule has 2 atom stereocenters. The van der Waals surface area contributed by atoms with Crippen LogP contribution in [0.1, 0.15) is 19.4 Å². The molecule has 1 heterocycles. The molecule has 1 aliphatic heterocycles. The van der Waals surface area contributed by atoms with Gasteiger partial charge in [-0.25, -0.2) is 0 Å². The maximum atomic E-state index is 12.8. The molecule has 4 heteroatoms. The van der Waals surface area contributed by atoms with Crippen LogP contribution in [0.2, 0.25) is 5.02 Å². The van der Waals surface area contributed by atoms with E-state index in [2.05, 4.69) is 13.0 Å². The van der Waals surface area contributed by atoms with Crippen molar-refractivity contribution < 1.29 is 9.53 Å². The Labute approximate surface area is 135 Å². The highest BCUT2D eigenvalue weighted by atomic mass is 35.5. The maximum Gasteiger partial charge on any atom is 0.268 e. The number of halogens is 1. The first-order chi connectivity index (χ1) is 10.6. The van der Waals surface area contributed by atoms with Crippen molar-refractivity contribution in [2.45, 2.75) is 32.4 Å². The Hall–Kier alpha value is -2.00. The lowest BCUT2D eigenvalue weighted by molar-refractivity contribution is -0.124. The Kier molecular flexibility index (Phi) is 4.08. The molecule has 0 saturated heterocycles. The van der Waals surface area contributed by atoms with E-state index in [0.717, 1.165) is 12.1 Å². The standard InChI is InChI=1S/C18H18ClNO2/c1-12-11-14-7-3-5-9-16(14)20(12)18(21)13(2)22-17-10-6-4-8-15(17)19/h3-10,12-13H,11H2,1-2H3. The molecule has 0 fully saturated rings. The zero-order valence-corrected chi connectivity index (χ0v) is 13.4. The third kappa shape index (κ3) is 2.69. The number of carbonyl (C=O) groups excluding carboxylic acids is 1. The molecule has 2 aromatic carbocycles. The molecule has 3 nitrogen and oxygen atoms in total. The predicted octanol–water partition coefficient (Wildman–Crippen LogP) is 4.09. The monoisotopic (exact) mass is 315 g/mol. The molecule has 2 unspecified atom stereocenters. The molecule has 3 rings (SSSR count). The van der Waals surface area contributed by atoms with E-state index in [1.54, 1.807) is 19.1 Å².